The van der Waals surface area contributed by atoms with Gasteiger partial charge < -0.3 is 9.73 Å². The summed E-state index contributed by atoms with van der Waals surface area (Å²) in [5, 5.41) is 2.60. The zero-order valence-electron chi connectivity index (χ0n) is 12.8. The van der Waals surface area contributed by atoms with Crippen LogP contribution in [-0.2, 0) is 4.79 Å². The summed E-state index contributed by atoms with van der Waals surface area (Å²) in [6.07, 6.45) is 1.38. The number of benzene rings is 1. The van der Waals surface area contributed by atoms with E-state index in [4.69, 9.17) is 4.42 Å². The third kappa shape index (κ3) is 4.19. The number of amides is 3. The van der Waals surface area contributed by atoms with Gasteiger partial charge in [-0.15, -0.1) is 0 Å². The summed E-state index contributed by atoms with van der Waals surface area (Å²) in [7, 11) is 0. The van der Waals surface area contributed by atoms with Crippen LogP contribution >= 0.6 is 0 Å². The summed E-state index contributed by atoms with van der Waals surface area (Å²) in [4.78, 5) is 35.6. The summed E-state index contributed by atoms with van der Waals surface area (Å²) >= 11 is 0. The number of carbonyl (C=O) groups excluding carboxylic acids is 3. The summed E-state index contributed by atoms with van der Waals surface area (Å²) in [6, 6.07) is 9.56. The van der Waals surface area contributed by atoms with Crippen LogP contribution in [0.3, 0.4) is 0 Å². The van der Waals surface area contributed by atoms with Gasteiger partial charge in [0.2, 0.25) is 5.91 Å². The van der Waals surface area contributed by atoms with Crippen LogP contribution < -0.4 is 16.2 Å². The summed E-state index contributed by atoms with van der Waals surface area (Å²) in [5.74, 6) is -1.44. The van der Waals surface area contributed by atoms with Crippen molar-refractivity contribution in [3.05, 3.63) is 54.0 Å². The van der Waals surface area contributed by atoms with Gasteiger partial charge in [0.1, 0.15) is 0 Å². The molecule has 0 aliphatic carbocycles. The van der Waals surface area contributed by atoms with Crippen molar-refractivity contribution in [2.75, 3.05) is 5.32 Å². The van der Waals surface area contributed by atoms with E-state index in [0.717, 1.165) is 0 Å². The minimum absolute atomic E-state index is 0.133. The molecule has 2 aromatic rings. The summed E-state index contributed by atoms with van der Waals surface area (Å²) < 4.78 is 5.00. The maximum atomic E-state index is 12.2. The molecule has 3 amide bonds. The molecule has 0 saturated carbocycles. The highest BCUT2D eigenvalue weighted by Crippen LogP contribution is 2.16. The Balaban J connectivity index is 2.09. The molecule has 0 radical (unpaired) electrons. The number of hydrazine groups is 1. The largest absolute Gasteiger partial charge is 0.459 e. The molecule has 0 spiro atoms. The van der Waals surface area contributed by atoms with E-state index >= 15 is 0 Å². The first kappa shape index (κ1) is 16.3. The van der Waals surface area contributed by atoms with Crippen LogP contribution in [0.25, 0.3) is 0 Å². The van der Waals surface area contributed by atoms with Gasteiger partial charge in [-0.2, -0.15) is 0 Å². The van der Waals surface area contributed by atoms with Gasteiger partial charge in [0.15, 0.2) is 5.76 Å². The molecule has 0 fully saturated rings. The molecule has 23 heavy (non-hydrogen) atoms. The molecule has 120 valence electrons. The van der Waals surface area contributed by atoms with Crippen molar-refractivity contribution in [1.29, 1.82) is 0 Å². The number of para-hydroxylation sites is 1. The van der Waals surface area contributed by atoms with Crippen molar-refractivity contribution < 1.29 is 18.8 Å². The van der Waals surface area contributed by atoms with Gasteiger partial charge in [-0.25, -0.2) is 0 Å². The fourth-order valence-electron chi connectivity index (χ4n) is 1.71. The van der Waals surface area contributed by atoms with Crippen LogP contribution in [0.15, 0.2) is 47.1 Å². The van der Waals surface area contributed by atoms with Gasteiger partial charge in [-0.1, -0.05) is 26.0 Å². The maximum Gasteiger partial charge on any atom is 0.291 e. The normalized spacial score (nSPS) is 10.2. The molecule has 0 bridgehead atoms. The molecule has 1 aromatic carbocycles. The molecule has 0 saturated heterocycles. The number of furan rings is 1. The van der Waals surface area contributed by atoms with Crippen molar-refractivity contribution in [3.63, 3.8) is 0 Å². The third-order valence-electron chi connectivity index (χ3n) is 2.99. The van der Waals surface area contributed by atoms with E-state index in [1.165, 1.54) is 18.4 Å². The van der Waals surface area contributed by atoms with E-state index in [9.17, 15) is 14.4 Å². The van der Waals surface area contributed by atoms with Crippen LogP contribution in [-0.4, -0.2) is 17.7 Å². The molecule has 3 N–H and O–H groups in total. The van der Waals surface area contributed by atoms with E-state index in [-0.39, 0.29) is 23.1 Å². The second-order valence-corrected chi connectivity index (χ2v) is 5.08. The number of carbonyl (C=O) groups is 3. The van der Waals surface area contributed by atoms with Gasteiger partial charge in [-0.05, 0) is 24.3 Å². The molecule has 1 heterocycles. The van der Waals surface area contributed by atoms with Gasteiger partial charge in [0.25, 0.3) is 11.8 Å². The molecule has 0 aliphatic heterocycles. The first-order valence-corrected chi connectivity index (χ1v) is 7.03. The Bertz CT molecular complexity index is 708. The molecule has 2 rings (SSSR count). The fourth-order valence-corrected chi connectivity index (χ4v) is 1.71. The SMILES string of the molecule is CC(C)C(=O)NNC(=O)c1ccccc1NC(=O)c1ccco1. The van der Waals surface area contributed by atoms with Crippen LogP contribution in [0.4, 0.5) is 5.69 Å². The van der Waals surface area contributed by atoms with Crippen LogP contribution in [0, 0.1) is 5.92 Å². The zero-order chi connectivity index (χ0) is 16.8. The lowest BCUT2D eigenvalue weighted by Crippen LogP contribution is -2.43. The molecular weight excluding hydrogens is 298 g/mol. The molecule has 7 nitrogen and oxygen atoms in total. The third-order valence-corrected chi connectivity index (χ3v) is 2.99. The van der Waals surface area contributed by atoms with Crippen molar-refractivity contribution in [2.24, 2.45) is 5.92 Å². The lowest BCUT2D eigenvalue weighted by atomic mass is 10.1. The van der Waals surface area contributed by atoms with E-state index in [2.05, 4.69) is 16.2 Å². The van der Waals surface area contributed by atoms with Gasteiger partial charge in [0, 0.05) is 5.92 Å². The molecule has 1 aromatic heterocycles. The van der Waals surface area contributed by atoms with Crippen LogP contribution in [0.1, 0.15) is 34.8 Å². The lowest BCUT2D eigenvalue weighted by molar-refractivity contribution is -0.124. The standard InChI is InChI=1S/C16H17N3O4/c1-10(2)14(20)18-19-15(21)11-6-3-4-7-12(11)17-16(22)13-8-5-9-23-13/h3-10H,1-2H3,(H,17,22)(H,18,20)(H,19,21). The van der Waals surface area contributed by atoms with Crippen LogP contribution in [0.2, 0.25) is 0 Å². The number of nitrogens with one attached hydrogen (secondary N) is 3. The number of rotatable bonds is 4. The Morgan fingerprint density at radius 1 is 0.957 bits per heavy atom. The maximum absolute atomic E-state index is 12.2. The molecule has 7 heteroatoms. The van der Waals surface area contributed by atoms with E-state index < -0.39 is 11.8 Å². The highest BCUT2D eigenvalue weighted by atomic mass is 16.3. The summed E-state index contributed by atoms with van der Waals surface area (Å²) in [6.45, 7) is 3.41. The van der Waals surface area contributed by atoms with Gasteiger partial charge in [-0.3, -0.25) is 25.2 Å². The lowest BCUT2D eigenvalue weighted by Gasteiger charge is -2.12. The second kappa shape index (κ2) is 7.26. The van der Waals surface area contributed by atoms with E-state index in [1.807, 2.05) is 0 Å². The Labute approximate surface area is 133 Å². The average Bonchev–Trinajstić information content (AvgIpc) is 3.07. The van der Waals surface area contributed by atoms with E-state index in [1.54, 1.807) is 38.1 Å². The molecule has 0 atom stereocenters. The Kier molecular flexibility index (Phi) is 5.14. The predicted octanol–water partition coefficient (Wildman–Crippen LogP) is 1.95. The van der Waals surface area contributed by atoms with E-state index in [0.29, 0.717) is 5.69 Å². The smallest absolute Gasteiger partial charge is 0.291 e. The van der Waals surface area contributed by atoms with Crippen LogP contribution in [0.5, 0.6) is 0 Å². The highest BCUT2D eigenvalue weighted by molar-refractivity contribution is 6.08. The van der Waals surface area contributed by atoms with Crippen molar-refractivity contribution >= 4 is 23.4 Å². The monoisotopic (exact) mass is 315 g/mol. The number of anilines is 1. The van der Waals surface area contributed by atoms with Crippen molar-refractivity contribution in [2.45, 2.75) is 13.8 Å². The first-order valence-electron chi connectivity index (χ1n) is 7.03. The fraction of sp³-hybridized carbons (Fsp3) is 0.188. The predicted molar refractivity (Wildman–Crippen MR) is 83.6 cm³/mol. The van der Waals surface area contributed by atoms with Crippen molar-refractivity contribution in [3.8, 4) is 0 Å². The minimum atomic E-state index is -0.533. The molecular formula is C16H17N3O4. The Hall–Kier alpha value is -3.09. The topological polar surface area (TPSA) is 100 Å². The minimum Gasteiger partial charge on any atom is -0.459 e. The Morgan fingerprint density at radius 2 is 1.70 bits per heavy atom. The second-order valence-electron chi connectivity index (χ2n) is 5.08. The highest BCUT2D eigenvalue weighted by Gasteiger charge is 2.16. The number of hydrogen-bond donors (Lipinski definition) is 3. The Morgan fingerprint density at radius 3 is 2.35 bits per heavy atom. The van der Waals surface area contributed by atoms with Gasteiger partial charge in [0.05, 0.1) is 17.5 Å². The number of hydrogen-bond acceptors (Lipinski definition) is 4. The first-order chi connectivity index (χ1) is 11.0. The quantitative estimate of drug-likeness (QED) is 0.751. The van der Waals surface area contributed by atoms with Crippen molar-refractivity contribution in [1.82, 2.24) is 10.9 Å². The van der Waals surface area contributed by atoms with Gasteiger partial charge >= 0.3 is 0 Å². The summed E-state index contributed by atoms with van der Waals surface area (Å²) in [5.41, 5.74) is 5.16. The molecule has 0 unspecified atom stereocenters. The molecule has 0 aliphatic rings. The zero-order valence-corrected chi connectivity index (χ0v) is 12.8. The average molecular weight is 315 g/mol.